The summed E-state index contributed by atoms with van der Waals surface area (Å²) in [6.45, 7) is 3.47. The van der Waals surface area contributed by atoms with Crippen LogP contribution in [-0.4, -0.2) is 19.4 Å². The summed E-state index contributed by atoms with van der Waals surface area (Å²) in [7, 11) is 1.25. The molecule has 80 valence electrons. The summed E-state index contributed by atoms with van der Waals surface area (Å²) < 4.78 is 4.64. The van der Waals surface area contributed by atoms with Gasteiger partial charge in [-0.05, 0) is 18.9 Å². The SMILES string of the molecule is COC(=O)[C@]1(C#N)CC(C)=C(C=O)[C@H]1C. The number of nitriles is 1. The van der Waals surface area contributed by atoms with Crippen LogP contribution in [0.25, 0.3) is 0 Å². The first-order chi connectivity index (χ1) is 7.03. The second-order valence-electron chi connectivity index (χ2n) is 3.83. The first-order valence-electron chi connectivity index (χ1n) is 4.68. The molecule has 0 aliphatic heterocycles. The van der Waals surface area contributed by atoms with E-state index in [9.17, 15) is 9.59 Å². The number of nitrogens with zero attached hydrogens (tertiary/aromatic N) is 1. The zero-order valence-corrected chi connectivity index (χ0v) is 9.03. The number of esters is 1. The molecule has 0 unspecified atom stereocenters. The fraction of sp³-hybridized carbons (Fsp3) is 0.545. The maximum Gasteiger partial charge on any atom is 0.327 e. The fourth-order valence-electron chi connectivity index (χ4n) is 2.12. The Morgan fingerprint density at radius 2 is 2.33 bits per heavy atom. The molecule has 1 rings (SSSR count). The maximum atomic E-state index is 11.6. The van der Waals surface area contributed by atoms with Gasteiger partial charge in [0.05, 0.1) is 13.2 Å². The summed E-state index contributed by atoms with van der Waals surface area (Å²) in [6.07, 6.45) is 1.01. The maximum absolute atomic E-state index is 11.6. The molecule has 2 atom stereocenters. The lowest BCUT2D eigenvalue weighted by atomic mass is 9.77. The van der Waals surface area contributed by atoms with Crippen molar-refractivity contribution in [1.29, 1.82) is 5.26 Å². The van der Waals surface area contributed by atoms with Gasteiger partial charge < -0.3 is 4.74 Å². The largest absolute Gasteiger partial charge is 0.468 e. The molecule has 0 spiro atoms. The number of allylic oxidation sites excluding steroid dienone is 2. The predicted molar refractivity (Wildman–Crippen MR) is 52.6 cm³/mol. The number of aldehydes is 1. The normalized spacial score (nSPS) is 29.9. The minimum Gasteiger partial charge on any atom is -0.468 e. The van der Waals surface area contributed by atoms with Crippen LogP contribution in [-0.2, 0) is 14.3 Å². The third-order valence-corrected chi connectivity index (χ3v) is 3.12. The molecule has 0 heterocycles. The molecule has 1 aliphatic rings. The quantitative estimate of drug-likeness (QED) is 0.504. The van der Waals surface area contributed by atoms with E-state index in [1.54, 1.807) is 13.8 Å². The van der Waals surface area contributed by atoms with Gasteiger partial charge in [0.25, 0.3) is 0 Å². The van der Waals surface area contributed by atoms with E-state index in [2.05, 4.69) is 4.74 Å². The fourth-order valence-corrected chi connectivity index (χ4v) is 2.12. The average Bonchev–Trinajstić information content (AvgIpc) is 2.49. The van der Waals surface area contributed by atoms with Crippen LogP contribution >= 0.6 is 0 Å². The van der Waals surface area contributed by atoms with E-state index >= 15 is 0 Å². The lowest BCUT2D eigenvalue weighted by Gasteiger charge is -2.23. The lowest BCUT2D eigenvalue weighted by molar-refractivity contribution is -0.150. The van der Waals surface area contributed by atoms with Gasteiger partial charge in [0.1, 0.15) is 6.29 Å². The topological polar surface area (TPSA) is 67.2 Å². The van der Waals surface area contributed by atoms with Crippen molar-refractivity contribution < 1.29 is 14.3 Å². The highest BCUT2D eigenvalue weighted by atomic mass is 16.5. The van der Waals surface area contributed by atoms with Crippen molar-refractivity contribution >= 4 is 12.3 Å². The van der Waals surface area contributed by atoms with Crippen LogP contribution in [0.5, 0.6) is 0 Å². The number of ether oxygens (including phenoxy) is 1. The van der Waals surface area contributed by atoms with Crippen molar-refractivity contribution in [2.45, 2.75) is 20.3 Å². The Kier molecular flexibility index (Phi) is 2.94. The van der Waals surface area contributed by atoms with Gasteiger partial charge in [0, 0.05) is 5.92 Å². The Morgan fingerprint density at radius 1 is 1.73 bits per heavy atom. The highest BCUT2D eigenvalue weighted by Crippen LogP contribution is 2.46. The van der Waals surface area contributed by atoms with Crippen molar-refractivity contribution in [2.75, 3.05) is 7.11 Å². The minimum atomic E-state index is -1.21. The summed E-state index contributed by atoms with van der Waals surface area (Å²) >= 11 is 0. The van der Waals surface area contributed by atoms with Crippen LogP contribution in [0.15, 0.2) is 11.1 Å². The summed E-state index contributed by atoms with van der Waals surface area (Å²) in [5, 5.41) is 9.13. The Morgan fingerprint density at radius 3 is 2.67 bits per heavy atom. The molecule has 0 saturated carbocycles. The Bertz CT molecular complexity index is 378. The van der Waals surface area contributed by atoms with E-state index in [0.717, 1.165) is 11.9 Å². The standard InChI is InChI=1S/C11H13NO3/c1-7-4-11(6-12,10(14)15-3)8(2)9(7)5-13/h5,8H,4H2,1-3H3/t8-,11+/m1/s1. The zero-order chi connectivity index (χ0) is 11.6. The molecule has 0 radical (unpaired) electrons. The van der Waals surface area contributed by atoms with E-state index in [-0.39, 0.29) is 6.42 Å². The molecular weight excluding hydrogens is 194 g/mol. The Labute approximate surface area is 88.5 Å². The lowest BCUT2D eigenvalue weighted by Crippen LogP contribution is -2.34. The van der Waals surface area contributed by atoms with E-state index in [1.807, 2.05) is 6.07 Å². The van der Waals surface area contributed by atoms with Crippen LogP contribution in [0.4, 0.5) is 0 Å². The van der Waals surface area contributed by atoms with Crippen LogP contribution in [0, 0.1) is 22.7 Å². The van der Waals surface area contributed by atoms with E-state index < -0.39 is 17.3 Å². The molecule has 0 bridgehead atoms. The number of hydrogen-bond acceptors (Lipinski definition) is 4. The van der Waals surface area contributed by atoms with Gasteiger partial charge in [-0.1, -0.05) is 12.5 Å². The molecule has 0 aromatic carbocycles. The average molecular weight is 207 g/mol. The second kappa shape index (κ2) is 3.85. The van der Waals surface area contributed by atoms with Gasteiger partial charge in [0.15, 0.2) is 5.41 Å². The van der Waals surface area contributed by atoms with Crippen molar-refractivity contribution in [3.63, 3.8) is 0 Å². The summed E-state index contributed by atoms with van der Waals surface area (Å²) in [6, 6.07) is 2.00. The monoisotopic (exact) mass is 207 g/mol. The van der Waals surface area contributed by atoms with Gasteiger partial charge in [-0.2, -0.15) is 5.26 Å². The molecule has 0 amide bonds. The molecule has 4 heteroatoms. The van der Waals surface area contributed by atoms with E-state index in [4.69, 9.17) is 5.26 Å². The molecule has 1 aliphatic carbocycles. The molecule has 0 aromatic heterocycles. The minimum absolute atomic E-state index is 0.283. The van der Waals surface area contributed by atoms with Crippen molar-refractivity contribution in [2.24, 2.45) is 11.3 Å². The summed E-state index contributed by atoms with van der Waals surface area (Å²) in [5.74, 6) is -0.957. The van der Waals surface area contributed by atoms with E-state index in [0.29, 0.717) is 5.57 Å². The van der Waals surface area contributed by atoms with E-state index in [1.165, 1.54) is 7.11 Å². The Balaban J connectivity index is 3.17. The van der Waals surface area contributed by atoms with Crippen molar-refractivity contribution in [3.8, 4) is 6.07 Å². The van der Waals surface area contributed by atoms with Crippen LogP contribution < -0.4 is 0 Å². The molecule has 4 nitrogen and oxygen atoms in total. The van der Waals surface area contributed by atoms with Gasteiger partial charge in [-0.25, -0.2) is 0 Å². The number of carbonyl (C=O) groups is 2. The highest BCUT2D eigenvalue weighted by Gasteiger charge is 2.51. The van der Waals surface area contributed by atoms with Crippen molar-refractivity contribution in [3.05, 3.63) is 11.1 Å². The predicted octanol–water partition coefficient (Wildman–Crippen LogP) is 1.22. The third kappa shape index (κ3) is 1.44. The van der Waals surface area contributed by atoms with Gasteiger partial charge >= 0.3 is 5.97 Å². The van der Waals surface area contributed by atoms with Gasteiger partial charge in [-0.15, -0.1) is 0 Å². The number of carbonyl (C=O) groups excluding carboxylic acids is 2. The summed E-state index contributed by atoms with van der Waals surface area (Å²) in [5.41, 5.74) is 0.126. The number of hydrogen-bond donors (Lipinski definition) is 0. The first-order valence-corrected chi connectivity index (χ1v) is 4.68. The number of methoxy groups -OCH3 is 1. The van der Waals surface area contributed by atoms with Gasteiger partial charge in [-0.3, -0.25) is 9.59 Å². The smallest absolute Gasteiger partial charge is 0.327 e. The molecule has 0 N–H and O–H groups in total. The van der Waals surface area contributed by atoms with Crippen LogP contribution in [0.3, 0.4) is 0 Å². The van der Waals surface area contributed by atoms with Crippen LogP contribution in [0.2, 0.25) is 0 Å². The van der Waals surface area contributed by atoms with Crippen molar-refractivity contribution in [1.82, 2.24) is 0 Å². The summed E-state index contributed by atoms with van der Waals surface area (Å²) in [4.78, 5) is 22.4. The highest BCUT2D eigenvalue weighted by molar-refractivity contribution is 5.87. The third-order valence-electron chi connectivity index (χ3n) is 3.12. The first kappa shape index (κ1) is 11.4. The Hall–Kier alpha value is -1.63. The molecule has 0 saturated heterocycles. The molecule has 0 fully saturated rings. The molecule has 15 heavy (non-hydrogen) atoms. The van der Waals surface area contributed by atoms with Gasteiger partial charge in [0.2, 0.25) is 0 Å². The zero-order valence-electron chi connectivity index (χ0n) is 9.03. The second-order valence-corrected chi connectivity index (χ2v) is 3.83. The molecule has 0 aromatic rings. The number of rotatable bonds is 2. The molecular formula is C11H13NO3. The van der Waals surface area contributed by atoms with Crippen LogP contribution in [0.1, 0.15) is 20.3 Å².